The van der Waals surface area contributed by atoms with E-state index in [2.05, 4.69) is 340 Å². The van der Waals surface area contributed by atoms with E-state index in [0.29, 0.717) is 5.56 Å². The van der Waals surface area contributed by atoms with Gasteiger partial charge in [-0.25, -0.2) is 4.79 Å². The third kappa shape index (κ3) is 18.5. The van der Waals surface area contributed by atoms with Crippen LogP contribution in [0.5, 0.6) is 0 Å². The Morgan fingerprint density at radius 3 is 0.548 bits per heavy atom. The lowest BCUT2D eigenvalue weighted by molar-refractivity contribution is -0.0691. The molecular formula is C104H83N3O2S6. The minimum atomic E-state index is -0.367. The highest BCUT2D eigenvalue weighted by Crippen LogP contribution is 2.75. The van der Waals surface area contributed by atoms with Crippen LogP contribution in [0.25, 0.3) is 0 Å². The van der Waals surface area contributed by atoms with Crippen LogP contribution >= 0.6 is 64.8 Å². The quantitative estimate of drug-likeness (QED) is 0.0829. The number of carbonyl (C=O) groups excluding carboxylic acids is 1. The molecule has 11 aromatic rings. The van der Waals surface area contributed by atoms with Crippen LogP contribution in [-0.4, -0.2) is 86.9 Å². The summed E-state index contributed by atoms with van der Waals surface area (Å²) in [4.78, 5) is 19.7. The summed E-state index contributed by atoms with van der Waals surface area (Å²) >= 11 is 0. The van der Waals surface area contributed by atoms with Gasteiger partial charge in [0, 0.05) is 169 Å². The van der Waals surface area contributed by atoms with Gasteiger partial charge in [0.1, 0.15) is 0 Å². The number of ether oxygens (including phenoxy) is 1. The smallest absolute Gasteiger partial charge is 0.337 e. The van der Waals surface area contributed by atoms with Crippen LogP contribution in [0.1, 0.15) is 149 Å². The second kappa shape index (κ2) is 35.6. The molecule has 115 heavy (non-hydrogen) atoms. The van der Waals surface area contributed by atoms with Crippen LogP contribution in [0, 0.1) is 82.9 Å². The van der Waals surface area contributed by atoms with E-state index in [1.807, 2.05) is 76.9 Å². The third-order valence-electron chi connectivity index (χ3n) is 23.1. The van der Waals surface area contributed by atoms with Crippen molar-refractivity contribution < 1.29 is 9.53 Å². The largest absolute Gasteiger partial charge is 0.465 e. The van der Waals surface area contributed by atoms with E-state index in [1.54, 1.807) is 12.1 Å². The molecule has 4 bridgehead atoms. The molecule has 3 aliphatic heterocycles. The number of hydrogen-bond acceptors (Lipinski definition) is 11. The van der Waals surface area contributed by atoms with E-state index in [0.717, 1.165) is 190 Å². The van der Waals surface area contributed by atoms with E-state index < -0.39 is 0 Å². The summed E-state index contributed by atoms with van der Waals surface area (Å²) in [6, 6.07) is 95.4. The van der Waals surface area contributed by atoms with Crippen molar-refractivity contribution in [3.63, 3.8) is 0 Å². The lowest BCUT2D eigenvalue weighted by Gasteiger charge is -2.71. The molecule has 0 amide bonds. The number of rotatable bonds is 8. The summed E-state index contributed by atoms with van der Waals surface area (Å²) in [5.74, 6) is 54.8. The summed E-state index contributed by atoms with van der Waals surface area (Å²) < 4.78 is 4.97. The van der Waals surface area contributed by atoms with Crippen LogP contribution in [0.3, 0.4) is 0 Å². The molecule has 3 heterocycles. The van der Waals surface area contributed by atoms with Crippen LogP contribution in [-0.2, 0) is 26.4 Å². The summed E-state index contributed by atoms with van der Waals surface area (Å²) in [6.45, 7) is 6.43. The van der Waals surface area contributed by atoms with Gasteiger partial charge in [-0.2, -0.15) is 0 Å². The van der Waals surface area contributed by atoms with Crippen molar-refractivity contribution in [2.24, 2.45) is 0 Å². The maximum Gasteiger partial charge on any atom is 0.337 e. The first kappa shape index (κ1) is 76.9. The molecule has 3 saturated heterocycles. The van der Waals surface area contributed by atoms with Crippen molar-refractivity contribution >= 4 is 87.8 Å². The maximum absolute atomic E-state index is 12.3. The lowest BCUT2D eigenvalue weighted by atomic mass is 9.32. The van der Waals surface area contributed by atoms with Crippen LogP contribution in [0.2, 0.25) is 0 Å². The molecule has 4 aliphatic carbocycles. The lowest BCUT2D eigenvalue weighted by Crippen LogP contribution is -2.67. The molecule has 0 radical (unpaired) electrons. The maximum atomic E-state index is 12.3. The van der Waals surface area contributed by atoms with E-state index in [9.17, 15) is 4.79 Å². The second-order valence-electron chi connectivity index (χ2n) is 30.6. The first-order valence-corrected chi connectivity index (χ1v) is 46.9. The first-order chi connectivity index (χ1) is 56.6. The molecule has 4 saturated carbocycles. The average Bonchev–Trinajstić information content (AvgIpc) is 0.666. The van der Waals surface area contributed by atoms with E-state index in [-0.39, 0.29) is 27.6 Å². The van der Waals surface area contributed by atoms with Gasteiger partial charge < -0.3 is 19.4 Å². The van der Waals surface area contributed by atoms with Gasteiger partial charge in [0.15, 0.2) is 0 Å². The van der Waals surface area contributed by atoms with Crippen molar-refractivity contribution in [1.82, 2.24) is 0 Å². The zero-order valence-electron chi connectivity index (χ0n) is 64.2. The van der Waals surface area contributed by atoms with Crippen LogP contribution in [0.4, 0.5) is 17.1 Å². The zero-order valence-corrected chi connectivity index (χ0v) is 69.1. The summed E-state index contributed by atoms with van der Waals surface area (Å²) in [6.07, 6.45) is 6.02. The standard InChI is InChI=1S/C104H83N3O2S6/c1-109-100(108)92-44-28-84(29-45-92)20-24-88-36-52-96(53-37-88)104-75-101(93-46-30-85(31-47-93)21-14-78-2-8-81(9-3-78)17-25-89-38-54-97(55-39-89)105-60-66-110-111-67-61-105)72-102(76-104,94-48-32-86(33-49-94)22-15-79-4-10-82(11-5-79)18-26-90-40-56-98(57-41-90)106-62-68-112-113-69-63-106)74-103(73-101,77-104)95-50-34-87(35-51-95)23-16-80-6-12-83(13-7-80)19-27-91-42-58-99(59-43-91)107-64-70-114-115-71-65-107/h2-13,28-59H,60-77H2,1H3. The number of benzene rings is 11. The monoisotopic (exact) mass is 1600 g/mol. The predicted molar refractivity (Wildman–Crippen MR) is 490 cm³/mol. The molecule has 562 valence electrons. The molecule has 11 heteroatoms. The number of anilines is 3. The molecule has 11 aromatic carbocycles. The van der Waals surface area contributed by atoms with Gasteiger partial charge >= 0.3 is 5.97 Å². The van der Waals surface area contributed by atoms with Crippen molar-refractivity contribution in [3.8, 4) is 82.9 Å². The molecule has 5 nitrogen and oxygen atoms in total. The molecule has 0 aromatic heterocycles. The van der Waals surface area contributed by atoms with Gasteiger partial charge in [0.05, 0.1) is 12.7 Å². The SMILES string of the molecule is COC(=O)c1ccc(C#Cc2ccc(C34CC5(c6ccc(C#Cc7ccc(C#Cc8ccc(N9CCSSCC9)cc8)cc7)cc6)CC(c6ccc(C#Cc7ccc(C#Cc8ccc(N9CCSSCC9)cc8)cc7)cc6)(CC(c6ccc(C#Cc7ccc(C#Cc8ccc(N9CCSSCC9)cc8)cc7)cc6)(C5)C3)C4)cc2)cc1. The molecule has 7 fully saturated rings. The molecule has 0 N–H and O–H groups in total. The second-order valence-corrected chi connectivity index (χ2v) is 38.7. The Bertz CT molecular complexity index is 5310. The Morgan fingerprint density at radius 1 is 0.235 bits per heavy atom. The molecule has 18 rings (SSSR count). The Hall–Kier alpha value is -10.7. The molecular weight excluding hydrogens is 1520 g/mol. The summed E-state index contributed by atoms with van der Waals surface area (Å²) in [5, 5.41) is 0. The van der Waals surface area contributed by atoms with Gasteiger partial charge in [-0.05, 0) is 301 Å². The Balaban J connectivity index is 0.672. The van der Waals surface area contributed by atoms with Crippen molar-refractivity contribution in [2.45, 2.75) is 60.2 Å². The number of nitrogens with zero attached hydrogens (tertiary/aromatic N) is 3. The van der Waals surface area contributed by atoms with Gasteiger partial charge in [0.2, 0.25) is 0 Å². The van der Waals surface area contributed by atoms with E-state index >= 15 is 0 Å². The van der Waals surface area contributed by atoms with Gasteiger partial charge in [-0.15, -0.1) is 0 Å². The fourth-order valence-corrected chi connectivity index (χ4v) is 23.8. The fourth-order valence-electron chi connectivity index (χ4n) is 17.8. The Morgan fingerprint density at radius 2 is 0.383 bits per heavy atom. The number of esters is 1. The van der Waals surface area contributed by atoms with Crippen molar-refractivity contribution in [1.29, 1.82) is 0 Å². The van der Waals surface area contributed by atoms with Crippen LogP contribution < -0.4 is 14.7 Å². The zero-order chi connectivity index (χ0) is 77.7. The summed E-state index contributed by atoms with van der Waals surface area (Å²) in [7, 11) is 13.2. The van der Waals surface area contributed by atoms with Gasteiger partial charge in [-0.1, -0.05) is 196 Å². The van der Waals surface area contributed by atoms with Crippen molar-refractivity contribution in [2.75, 3.05) is 95.6 Å². The summed E-state index contributed by atoms with van der Waals surface area (Å²) in [5.41, 5.74) is 22.3. The number of carbonyl (C=O) groups is 1. The number of hydrogen-bond donors (Lipinski definition) is 0. The minimum Gasteiger partial charge on any atom is -0.465 e. The topological polar surface area (TPSA) is 36.0 Å². The van der Waals surface area contributed by atoms with E-state index in [1.165, 1.54) is 46.4 Å². The van der Waals surface area contributed by atoms with Gasteiger partial charge in [-0.3, -0.25) is 0 Å². The Labute approximate surface area is 702 Å². The first-order valence-electron chi connectivity index (χ1n) is 39.4. The van der Waals surface area contributed by atoms with E-state index in [4.69, 9.17) is 4.74 Å². The van der Waals surface area contributed by atoms with Crippen molar-refractivity contribution in [3.05, 3.63) is 373 Å². The Kier molecular flexibility index (Phi) is 23.8. The molecule has 0 unspecified atom stereocenters. The highest BCUT2D eigenvalue weighted by molar-refractivity contribution is 8.77. The number of methoxy groups -OCH3 is 1. The third-order valence-corrected chi connectivity index (χ3v) is 30.2. The van der Waals surface area contributed by atoms with Gasteiger partial charge in [0.25, 0.3) is 0 Å². The highest BCUT2D eigenvalue weighted by Gasteiger charge is 2.69. The fraction of sp³-hybridized carbons (Fsp3) is 0.221. The molecule has 0 spiro atoms. The van der Waals surface area contributed by atoms with Crippen LogP contribution in [0.15, 0.2) is 267 Å². The predicted octanol–water partition coefficient (Wildman–Crippen LogP) is 21.3. The normalized spacial score (nSPS) is 19.9. The highest BCUT2D eigenvalue weighted by atomic mass is 33.1. The average molecular weight is 1600 g/mol. The minimum absolute atomic E-state index is 0.213. The molecule has 7 aliphatic rings. The molecule has 0 atom stereocenters.